The van der Waals surface area contributed by atoms with Crippen molar-refractivity contribution in [1.29, 1.82) is 0 Å². The average molecular weight is 277 g/mol. The van der Waals surface area contributed by atoms with Crippen LogP contribution in [-0.4, -0.2) is 30.8 Å². The fourth-order valence-corrected chi connectivity index (χ4v) is 3.12. The van der Waals surface area contributed by atoms with Crippen molar-refractivity contribution in [1.82, 2.24) is 5.32 Å². The molecule has 1 saturated carbocycles. The van der Waals surface area contributed by atoms with E-state index in [4.69, 9.17) is 4.55 Å². The lowest BCUT2D eigenvalue weighted by Crippen LogP contribution is -2.47. The van der Waals surface area contributed by atoms with E-state index in [-0.39, 0.29) is 17.2 Å². The summed E-state index contributed by atoms with van der Waals surface area (Å²) >= 11 is 0. The normalized spacial score (nSPS) is 20.9. The van der Waals surface area contributed by atoms with E-state index < -0.39 is 10.1 Å². The van der Waals surface area contributed by atoms with Gasteiger partial charge >= 0.3 is 0 Å². The summed E-state index contributed by atoms with van der Waals surface area (Å²) in [5, 5.41) is 3.59. The molecule has 0 heterocycles. The first-order valence-electron chi connectivity index (χ1n) is 6.90. The molecule has 5 heteroatoms. The number of rotatable bonds is 5. The molecule has 0 bridgehead atoms. The van der Waals surface area contributed by atoms with Crippen molar-refractivity contribution in [3.8, 4) is 0 Å². The lowest BCUT2D eigenvalue weighted by molar-refractivity contribution is 0.218. The second-order valence-corrected chi connectivity index (χ2v) is 8.07. The Labute approximate surface area is 111 Å². The molecule has 0 aliphatic heterocycles. The van der Waals surface area contributed by atoms with Crippen LogP contribution in [0.3, 0.4) is 0 Å². The van der Waals surface area contributed by atoms with E-state index >= 15 is 0 Å². The second-order valence-electron chi connectivity index (χ2n) is 6.49. The maximum absolute atomic E-state index is 10.9. The highest BCUT2D eigenvalue weighted by atomic mass is 32.2. The summed E-state index contributed by atoms with van der Waals surface area (Å²) < 4.78 is 30.6. The van der Waals surface area contributed by atoms with Gasteiger partial charge in [0.1, 0.15) is 0 Å². The topological polar surface area (TPSA) is 66.4 Å². The highest BCUT2D eigenvalue weighted by molar-refractivity contribution is 7.85. The maximum atomic E-state index is 10.9. The van der Waals surface area contributed by atoms with Crippen LogP contribution in [0.25, 0.3) is 0 Å². The molecule has 108 valence electrons. The van der Waals surface area contributed by atoms with Gasteiger partial charge in [0.15, 0.2) is 0 Å². The Morgan fingerprint density at radius 3 is 2.22 bits per heavy atom. The highest BCUT2D eigenvalue weighted by Crippen LogP contribution is 2.26. The fourth-order valence-electron chi connectivity index (χ4n) is 2.59. The average Bonchev–Trinajstić information content (AvgIpc) is 2.22. The molecule has 1 unspecified atom stereocenters. The lowest BCUT2D eigenvalue weighted by Gasteiger charge is -2.36. The second kappa shape index (κ2) is 6.35. The molecule has 1 aliphatic carbocycles. The zero-order chi connectivity index (χ0) is 13.8. The SMILES string of the molecule is CC(C)(C)C(CCS(=O)(=O)O)NC1CCCCC1. The fraction of sp³-hybridized carbons (Fsp3) is 1.00. The van der Waals surface area contributed by atoms with Gasteiger partial charge in [0.25, 0.3) is 10.1 Å². The predicted octanol–water partition coefficient (Wildman–Crippen LogP) is 2.60. The molecule has 18 heavy (non-hydrogen) atoms. The van der Waals surface area contributed by atoms with Crippen molar-refractivity contribution in [3.05, 3.63) is 0 Å². The molecule has 0 aromatic rings. The summed E-state index contributed by atoms with van der Waals surface area (Å²) in [4.78, 5) is 0. The highest BCUT2D eigenvalue weighted by Gasteiger charge is 2.28. The van der Waals surface area contributed by atoms with Gasteiger partial charge in [-0.05, 0) is 24.7 Å². The molecule has 1 aliphatic rings. The molecule has 2 N–H and O–H groups in total. The van der Waals surface area contributed by atoms with Crippen LogP contribution in [0.15, 0.2) is 0 Å². The van der Waals surface area contributed by atoms with Crippen molar-refractivity contribution >= 4 is 10.1 Å². The van der Waals surface area contributed by atoms with E-state index in [2.05, 4.69) is 26.1 Å². The van der Waals surface area contributed by atoms with Crippen LogP contribution < -0.4 is 5.32 Å². The van der Waals surface area contributed by atoms with E-state index in [0.29, 0.717) is 12.5 Å². The molecule has 0 radical (unpaired) electrons. The third-order valence-corrected chi connectivity index (χ3v) is 4.50. The van der Waals surface area contributed by atoms with Gasteiger partial charge in [-0.25, -0.2) is 0 Å². The van der Waals surface area contributed by atoms with Crippen LogP contribution in [0.4, 0.5) is 0 Å². The van der Waals surface area contributed by atoms with Crippen molar-refractivity contribution in [3.63, 3.8) is 0 Å². The summed E-state index contributed by atoms with van der Waals surface area (Å²) in [6.45, 7) is 6.33. The van der Waals surface area contributed by atoms with Gasteiger partial charge in [-0.1, -0.05) is 40.0 Å². The van der Waals surface area contributed by atoms with Crippen molar-refractivity contribution in [2.75, 3.05) is 5.75 Å². The van der Waals surface area contributed by atoms with Crippen LogP contribution in [0.1, 0.15) is 59.3 Å². The number of hydrogen-bond acceptors (Lipinski definition) is 3. The molecule has 1 fully saturated rings. The van der Waals surface area contributed by atoms with Gasteiger partial charge in [0.2, 0.25) is 0 Å². The van der Waals surface area contributed by atoms with Crippen molar-refractivity contribution < 1.29 is 13.0 Å². The van der Waals surface area contributed by atoms with Gasteiger partial charge in [0, 0.05) is 12.1 Å². The van der Waals surface area contributed by atoms with Crippen molar-refractivity contribution in [2.45, 2.75) is 71.4 Å². The minimum absolute atomic E-state index is 0.00212. The standard InChI is InChI=1S/C13H27NO3S/c1-13(2,3)12(9-10-18(15,16)17)14-11-7-5-4-6-8-11/h11-12,14H,4-10H2,1-3H3,(H,15,16,17). The van der Waals surface area contributed by atoms with E-state index in [0.717, 1.165) is 0 Å². The van der Waals surface area contributed by atoms with Gasteiger partial charge in [-0.15, -0.1) is 0 Å². The van der Waals surface area contributed by atoms with Crippen LogP contribution in [0.2, 0.25) is 0 Å². The van der Waals surface area contributed by atoms with Crippen molar-refractivity contribution in [2.24, 2.45) is 5.41 Å². The molecule has 1 rings (SSSR count). The Morgan fingerprint density at radius 2 is 1.78 bits per heavy atom. The maximum Gasteiger partial charge on any atom is 0.264 e. The number of hydrogen-bond donors (Lipinski definition) is 2. The summed E-state index contributed by atoms with van der Waals surface area (Å²) in [6, 6.07) is 0.631. The molecular weight excluding hydrogens is 250 g/mol. The van der Waals surface area contributed by atoms with Crippen LogP contribution in [-0.2, 0) is 10.1 Å². The quantitative estimate of drug-likeness (QED) is 0.758. The first-order valence-corrected chi connectivity index (χ1v) is 8.50. The summed E-state index contributed by atoms with van der Waals surface area (Å²) in [5.74, 6) is -0.158. The van der Waals surface area contributed by atoms with E-state index in [9.17, 15) is 8.42 Å². The Balaban J connectivity index is 2.55. The van der Waals surface area contributed by atoms with E-state index in [1.807, 2.05) is 0 Å². The largest absolute Gasteiger partial charge is 0.311 e. The van der Waals surface area contributed by atoms with Crippen LogP contribution in [0, 0.1) is 5.41 Å². The zero-order valence-corrected chi connectivity index (χ0v) is 12.6. The summed E-state index contributed by atoms with van der Waals surface area (Å²) in [7, 11) is -3.86. The smallest absolute Gasteiger partial charge is 0.264 e. The Bertz CT molecular complexity index is 340. The van der Waals surface area contributed by atoms with E-state index in [1.165, 1.54) is 32.1 Å². The zero-order valence-electron chi connectivity index (χ0n) is 11.8. The molecule has 0 amide bonds. The van der Waals surface area contributed by atoms with E-state index in [1.54, 1.807) is 0 Å². The van der Waals surface area contributed by atoms with Crippen LogP contribution >= 0.6 is 0 Å². The summed E-state index contributed by atoms with van der Waals surface area (Å²) in [6.07, 6.45) is 6.65. The first-order chi connectivity index (χ1) is 8.18. The third kappa shape index (κ3) is 6.16. The van der Waals surface area contributed by atoms with Gasteiger partial charge < -0.3 is 5.32 Å². The Hall–Kier alpha value is -0.130. The minimum Gasteiger partial charge on any atom is -0.311 e. The van der Waals surface area contributed by atoms with Gasteiger partial charge in [-0.2, -0.15) is 8.42 Å². The lowest BCUT2D eigenvalue weighted by atomic mass is 9.83. The molecule has 0 aromatic carbocycles. The van der Waals surface area contributed by atoms with Gasteiger partial charge in [-0.3, -0.25) is 4.55 Å². The molecular formula is C13H27NO3S. The van der Waals surface area contributed by atoms with Gasteiger partial charge in [0.05, 0.1) is 5.75 Å². The third-order valence-electron chi connectivity index (χ3n) is 3.75. The predicted molar refractivity (Wildman–Crippen MR) is 74.3 cm³/mol. The number of nitrogens with one attached hydrogen (secondary N) is 1. The molecule has 0 spiro atoms. The first kappa shape index (κ1) is 15.9. The molecule has 4 nitrogen and oxygen atoms in total. The molecule has 0 saturated heterocycles. The monoisotopic (exact) mass is 277 g/mol. The minimum atomic E-state index is -3.86. The molecule has 1 atom stereocenters. The van der Waals surface area contributed by atoms with Crippen LogP contribution in [0.5, 0.6) is 0 Å². The summed E-state index contributed by atoms with van der Waals surface area (Å²) in [5.41, 5.74) is 0.00212. The Kier molecular flexibility index (Phi) is 5.62. The molecule has 0 aromatic heterocycles. The Morgan fingerprint density at radius 1 is 1.22 bits per heavy atom.